The number of esters is 1. The molecule has 4 nitrogen and oxygen atoms in total. The van der Waals surface area contributed by atoms with Crippen molar-refractivity contribution in [2.75, 3.05) is 13.7 Å². The van der Waals surface area contributed by atoms with Crippen molar-refractivity contribution in [2.45, 2.75) is 77.7 Å². The lowest BCUT2D eigenvalue weighted by atomic mass is 9.82. The molecule has 0 saturated heterocycles. The maximum absolute atomic E-state index is 13.2. The topological polar surface area (TPSA) is 46.6 Å². The van der Waals surface area contributed by atoms with E-state index in [4.69, 9.17) is 4.74 Å². The van der Waals surface area contributed by atoms with E-state index in [9.17, 15) is 9.59 Å². The van der Waals surface area contributed by atoms with Crippen molar-refractivity contribution in [3.05, 3.63) is 0 Å². The minimum atomic E-state index is -0.248. The van der Waals surface area contributed by atoms with Crippen molar-refractivity contribution in [1.82, 2.24) is 4.90 Å². The Balaban J connectivity index is 2.12. The molecule has 2 fully saturated rings. The van der Waals surface area contributed by atoms with E-state index >= 15 is 0 Å². The minimum Gasteiger partial charge on any atom is -0.469 e. The van der Waals surface area contributed by atoms with Gasteiger partial charge in [-0.15, -0.1) is 0 Å². The van der Waals surface area contributed by atoms with Gasteiger partial charge in [-0.05, 0) is 31.6 Å². The molecule has 0 aromatic rings. The predicted molar refractivity (Wildman–Crippen MR) is 90.9 cm³/mol. The van der Waals surface area contributed by atoms with Crippen LogP contribution in [0.1, 0.15) is 71.6 Å². The second kappa shape index (κ2) is 8.70. The Morgan fingerprint density at radius 2 is 1.65 bits per heavy atom. The van der Waals surface area contributed by atoms with Gasteiger partial charge in [-0.2, -0.15) is 0 Å². The van der Waals surface area contributed by atoms with Gasteiger partial charge in [-0.1, -0.05) is 46.0 Å². The Kier molecular flexibility index (Phi) is 6.91. The molecule has 2 aliphatic rings. The normalized spacial score (nSPS) is 27.3. The van der Waals surface area contributed by atoms with Crippen molar-refractivity contribution in [3.8, 4) is 0 Å². The summed E-state index contributed by atoms with van der Waals surface area (Å²) in [6.07, 6.45) is 10.3. The summed E-state index contributed by atoms with van der Waals surface area (Å²) in [7, 11) is 1.43. The van der Waals surface area contributed by atoms with Crippen LogP contribution in [0.2, 0.25) is 0 Å². The lowest BCUT2D eigenvalue weighted by Crippen LogP contribution is -2.50. The van der Waals surface area contributed by atoms with Gasteiger partial charge >= 0.3 is 5.97 Å². The van der Waals surface area contributed by atoms with Crippen LogP contribution in [0, 0.1) is 17.8 Å². The van der Waals surface area contributed by atoms with Crippen LogP contribution in [0.15, 0.2) is 0 Å². The Hall–Kier alpha value is -1.06. The van der Waals surface area contributed by atoms with E-state index in [1.165, 1.54) is 32.8 Å². The minimum absolute atomic E-state index is 0.169. The summed E-state index contributed by atoms with van der Waals surface area (Å²) in [4.78, 5) is 27.1. The van der Waals surface area contributed by atoms with Crippen LogP contribution in [0.4, 0.5) is 0 Å². The third-order valence-corrected chi connectivity index (χ3v) is 5.78. The number of hydrogen-bond donors (Lipinski definition) is 0. The third kappa shape index (κ3) is 4.71. The molecule has 0 bridgehead atoms. The van der Waals surface area contributed by atoms with E-state index in [1.807, 2.05) is 6.92 Å². The molecule has 4 heteroatoms. The second-order valence-corrected chi connectivity index (χ2v) is 7.58. The molecular formula is C19H33NO3. The smallest absolute Gasteiger partial charge is 0.310 e. The fourth-order valence-electron chi connectivity index (χ4n) is 4.30. The van der Waals surface area contributed by atoms with Crippen LogP contribution >= 0.6 is 0 Å². The fraction of sp³-hybridized carbons (Fsp3) is 0.895. The standard InChI is InChI=1S/C19H33NO3/c1-14-9-7-8-12-17(14)20(13-15(2)19(22)23-3)18(21)16-10-5-4-6-11-16/h14-17H,4-13H2,1-3H3. The maximum Gasteiger partial charge on any atom is 0.310 e. The molecule has 0 radical (unpaired) electrons. The van der Waals surface area contributed by atoms with E-state index in [0.29, 0.717) is 24.4 Å². The van der Waals surface area contributed by atoms with Crippen LogP contribution in [0.5, 0.6) is 0 Å². The van der Waals surface area contributed by atoms with Gasteiger partial charge in [0.2, 0.25) is 5.91 Å². The Labute approximate surface area is 140 Å². The van der Waals surface area contributed by atoms with Crippen molar-refractivity contribution < 1.29 is 14.3 Å². The Morgan fingerprint density at radius 1 is 1.04 bits per heavy atom. The summed E-state index contributed by atoms with van der Waals surface area (Å²) >= 11 is 0. The number of carbonyl (C=O) groups excluding carboxylic acids is 2. The first-order valence-corrected chi connectivity index (χ1v) is 9.43. The van der Waals surface area contributed by atoms with Crippen LogP contribution in [-0.4, -0.2) is 36.5 Å². The van der Waals surface area contributed by atoms with Gasteiger partial charge < -0.3 is 9.64 Å². The van der Waals surface area contributed by atoms with Crippen LogP contribution in [-0.2, 0) is 14.3 Å². The monoisotopic (exact) mass is 323 g/mol. The molecule has 2 saturated carbocycles. The molecule has 0 aromatic heterocycles. The number of amides is 1. The van der Waals surface area contributed by atoms with Gasteiger partial charge in [0, 0.05) is 18.5 Å². The quantitative estimate of drug-likeness (QED) is 0.723. The summed E-state index contributed by atoms with van der Waals surface area (Å²) in [5, 5.41) is 0. The summed E-state index contributed by atoms with van der Waals surface area (Å²) in [6, 6.07) is 0.297. The summed E-state index contributed by atoms with van der Waals surface area (Å²) < 4.78 is 4.88. The number of hydrogen-bond acceptors (Lipinski definition) is 3. The van der Waals surface area contributed by atoms with Crippen molar-refractivity contribution >= 4 is 11.9 Å². The molecule has 132 valence electrons. The predicted octanol–water partition coefficient (Wildman–Crippen LogP) is 3.78. The highest BCUT2D eigenvalue weighted by molar-refractivity contribution is 5.80. The van der Waals surface area contributed by atoms with Gasteiger partial charge in [0.25, 0.3) is 0 Å². The molecule has 2 rings (SSSR count). The first-order valence-electron chi connectivity index (χ1n) is 9.43. The van der Waals surface area contributed by atoms with Crippen molar-refractivity contribution in [2.24, 2.45) is 17.8 Å². The highest BCUT2D eigenvalue weighted by atomic mass is 16.5. The van der Waals surface area contributed by atoms with E-state index in [1.54, 1.807) is 0 Å². The van der Waals surface area contributed by atoms with Crippen molar-refractivity contribution in [1.29, 1.82) is 0 Å². The first kappa shape index (κ1) is 18.3. The van der Waals surface area contributed by atoms with E-state index in [0.717, 1.165) is 32.1 Å². The van der Waals surface area contributed by atoms with Crippen molar-refractivity contribution in [3.63, 3.8) is 0 Å². The average Bonchev–Trinajstić information content (AvgIpc) is 2.59. The highest BCUT2D eigenvalue weighted by Crippen LogP contribution is 2.32. The Bertz CT molecular complexity index is 403. The molecule has 0 heterocycles. The highest BCUT2D eigenvalue weighted by Gasteiger charge is 2.35. The van der Waals surface area contributed by atoms with Crippen LogP contribution < -0.4 is 0 Å². The zero-order valence-electron chi connectivity index (χ0n) is 15.1. The Morgan fingerprint density at radius 3 is 2.26 bits per heavy atom. The molecule has 0 spiro atoms. The number of carbonyl (C=O) groups is 2. The molecule has 1 amide bonds. The maximum atomic E-state index is 13.2. The van der Waals surface area contributed by atoms with Gasteiger partial charge in [0.05, 0.1) is 13.0 Å². The third-order valence-electron chi connectivity index (χ3n) is 5.78. The molecule has 2 aliphatic carbocycles. The van der Waals surface area contributed by atoms with E-state index in [-0.39, 0.29) is 17.8 Å². The van der Waals surface area contributed by atoms with E-state index < -0.39 is 0 Å². The summed E-state index contributed by atoms with van der Waals surface area (Å²) in [5.74, 6) is 0.527. The summed E-state index contributed by atoms with van der Waals surface area (Å²) in [6.45, 7) is 4.64. The van der Waals surface area contributed by atoms with Gasteiger partial charge in [-0.3, -0.25) is 9.59 Å². The number of nitrogens with zero attached hydrogens (tertiary/aromatic N) is 1. The molecular weight excluding hydrogens is 290 g/mol. The number of ether oxygens (including phenoxy) is 1. The molecule has 0 N–H and O–H groups in total. The second-order valence-electron chi connectivity index (χ2n) is 7.58. The first-order chi connectivity index (χ1) is 11.0. The molecule has 3 atom stereocenters. The van der Waals surface area contributed by atoms with E-state index in [2.05, 4.69) is 11.8 Å². The SMILES string of the molecule is COC(=O)C(C)CN(C(=O)C1CCCCC1)C1CCCCC1C. The molecule has 0 aromatic carbocycles. The largest absolute Gasteiger partial charge is 0.469 e. The zero-order chi connectivity index (χ0) is 16.8. The van der Waals surface area contributed by atoms with Gasteiger partial charge in [0.1, 0.15) is 0 Å². The fourth-order valence-corrected chi connectivity index (χ4v) is 4.30. The zero-order valence-corrected chi connectivity index (χ0v) is 15.1. The number of methoxy groups -OCH3 is 1. The van der Waals surface area contributed by atoms with Crippen LogP contribution in [0.3, 0.4) is 0 Å². The molecule has 0 aliphatic heterocycles. The average molecular weight is 323 g/mol. The molecule has 23 heavy (non-hydrogen) atoms. The lowest BCUT2D eigenvalue weighted by Gasteiger charge is -2.41. The van der Waals surface area contributed by atoms with Gasteiger partial charge in [0.15, 0.2) is 0 Å². The molecule has 3 unspecified atom stereocenters. The lowest BCUT2D eigenvalue weighted by molar-refractivity contribution is -0.149. The van der Waals surface area contributed by atoms with Gasteiger partial charge in [-0.25, -0.2) is 0 Å². The summed E-state index contributed by atoms with van der Waals surface area (Å²) in [5.41, 5.74) is 0. The number of rotatable bonds is 5. The van der Waals surface area contributed by atoms with Crippen LogP contribution in [0.25, 0.3) is 0 Å².